The van der Waals surface area contributed by atoms with Gasteiger partial charge < -0.3 is 10.2 Å². The van der Waals surface area contributed by atoms with Crippen molar-refractivity contribution in [2.24, 2.45) is 0 Å². The predicted octanol–water partition coefficient (Wildman–Crippen LogP) is 3.28. The summed E-state index contributed by atoms with van der Waals surface area (Å²) in [6, 6.07) is 16.8. The second kappa shape index (κ2) is 11.2. The van der Waals surface area contributed by atoms with Crippen molar-refractivity contribution < 1.29 is 18.6 Å². The van der Waals surface area contributed by atoms with Gasteiger partial charge in [0.25, 0.3) is 0 Å². The smallest absolute Gasteiger partial charge is 0.243 e. The average molecular weight is 392 g/mol. The largest absolute Gasteiger partial charge is 0.396 e. The molecule has 0 aromatic heterocycles. The summed E-state index contributed by atoms with van der Waals surface area (Å²) in [5, 5.41) is 17.9. The third-order valence-electron chi connectivity index (χ3n) is 4.48. The fourth-order valence-corrected chi connectivity index (χ4v) is 4.44. The van der Waals surface area contributed by atoms with Gasteiger partial charge in [-0.05, 0) is 55.4 Å². The second-order valence-electron chi connectivity index (χ2n) is 6.51. The van der Waals surface area contributed by atoms with E-state index in [1.807, 2.05) is 42.5 Å². The number of sulfonamides is 1. The molecule has 5 nitrogen and oxygen atoms in total. The van der Waals surface area contributed by atoms with Crippen LogP contribution >= 0.6 is 0 Å². The summed E-state index contributed by atoms with van der Waals surface area (Å²) in [7, 11) is -3.58. The van der Waals surface area contributed by atoms with Gasteiger partial charge in [0.15, 0.2) is 0 Å². The van der Waals surface area contributed by atoms with Crippen molar-refractivity contribution >= 4 is 10.0 Å². The summed E-state index contributed by atoms with van der Waals surface area (Å²) in [5.41, 5.74) is 2.02. The van der Waals surface area contributed by atoms with Gasteiger partial charge in [-0.1, -0.05) is 42.5 Å². The summed E-state index contributed by atoms with van der Waals surface area (Å²) in [6.45, 7) is 0.999. The number of aliphatic hydroxyl groups excluding tert-OH is 2. The van der Waals surface area contributed by atoms with E-state index in [1.54, 1.807) is 12.1 Å². The van der Waals surface area contributed by atoms with Gasteiger partial charge >= 0.3 is 0 Å². The zero-order valence-corrected chi connectivity index (χ0v) is 16.4. The molecule has 0 aliphatic heterocycles. The Bertz CT molecular complexity index is 761. The molecule has 2 rings (SSSR count). The normalized spacial score (nSPS) is 11.8. The van der Waals surface area contributed by atoms with Crippen molar-refractivity contribution in [2.45, 2.75) is 37.0 Å². The fourth-order valence-electron chi connectivity index (χ4n) is 2.93. The summed E-state index contributed by atoms with van der Waals surface area (Å²) in [6.07, 6.45) is 3.38. The van der Waals surface area contributed by atoms with E-state index >= 15 is 0 Å². The van der Waals surface area contributed by atoms with E-state index in [1.165, 1.54) is 4.31 Å². The van der Waals surface area contributed by atoms with Crippen LogP contribution in [0.4, 0.5) is 0 Å². The molecule has 2 aromatic carbocycles. The topological polar surface area (TPSA) is 77.8 Å². The summed E-state index contributed by atoms with van der Waals surface area (Å²) in [4.78, 5) is 0.285. The minimum Gasteiger partial charge on any atom is -0.396 e. The number of aliphatic hydroxyl groups is 2. The highest BCUT2D eigenvalue weighted by atomic mass is 32.2. The maximum absolute atomic E-state index is 13.1. The highest BCUT2D eigenvalue weighted by molar-refractivity contribution is 7.89. The van der Waals surface area contributed by atoms with E-state index in [9.17, 15) is 8.42 Å². The molecule has 0 atom stereocenters. The van der Waals surface area contributed by atoms with Crippen molar-refractivity contribution in [3.05, 3.63) is 54.6 Å². The van der Waals surface area contributed by atoms with Crippen LogP contribution in [-0.4, -0.2) is 49.2 Å². The number of nitrogens with zero attached hydrogens (tertiary/aromatic N) is 1. The Hall–Kier alpha value is -1.73. The molecule has 0 bridgehead atoms. The highest BCUT2D eigenvalue weighted by Gasteiger charge is 2.23. The van der Waals surface area contributed by atoms with Crippen LogP contribution in [0, 0.1) is 0 Å². The molecule has 0 spiro atoms. The summed E-state index contributed by atoms with van der Waals surface area (Å²) in [5.74, 6) is 0. The third-order valence-corrected chi connectivity index (χ3v) is 6.39. The van der Waals surface area contributed by atoms with Gasteiger partial charge in [0.05, 0.1) is 4.90 Å². The molecular formula is C21H29NO4S. The van der Waals surface area contributed by atoms with Gasteiger partial charge in [-0.3, -0.25) is 0 Å². The number of hydrogen-bond acceptors (Lipinski definition) is 4. The molecular weight excluding hydrogens is 362 g/mol. The lowest BCUT2D eigenvalue weighted by Crippen LogP contribution is -2.33. The first-order chi connectivity index (χ1) is 13.1. The Balaban J connectivity index is 2.14. The first-order valence-corrected chi connectivity index (χ1v) is 10.9. The molecule has 0 aliphatic rings. The lowest BCUT2D eigenvalue weighted by Gasteiger charge is -2.22. The molecule has 0 amide bonds. The lowest BCUT2D eigenvalue weighted by atomic mass is 10.1. The molecule has 0 radical (unpaired) electrons. The van der Waals surface area contributed by atoms with Crippen LogP contribution < -0.4 is 0 Å². The Kier molecular flexibility index (Phi) is 8.94. The van der Waals surface area contributed by atoms with Crippen LogP contribution in [0.3, 0.4) is 0 Å². The van der Waals surface area contributed by atoms with Gasteiger partial charge in [-0.2, -0.15) is 4.31 Å². The monoisotopic (exact) mass is 391 g/mol. The fraction of sp³-hybridized carbons (Fsp3) is 0.429. The molecule has 0 fully saturated rings. The van der Waals surface area contributed by atoms with Crippen LogP contribution in [0.15, 0.2) is 59.5 Å². The molecule has 0 unspecified atom stereocenters. The van der Waals surface area contributed by atoms with Gasteiger partial charge in [0.1, 0.15) is 0 Å². The molecule has 148 valence electrons. The maximum Gasteiger partial charge on any atom is 0.243 e. The summed E-state index contributed by atoms with van der Waals surface area (Å²) < 4.78 is 27.6. The molecule has 6 heteroatoms. The molecule has 27 heavy (non-hydrogen) atoms. The maximum atomic E-state index is 13.1. The van der Waals surface area contributed by atoms with Crippen molar-refractivity contribution in [3.8, 4) is 11.1 Å². The highest BCUT2D eigenvalue weighted by Crippen LogP contribution is 2.23. The minimum atomic E-state index is -3.58. The Morgan fingerprint density at radius 2 is 1.19 bits per heavy atom. The van der Waals surface area contributed by atoms with Crippen molar-refractivity contribution in [3.63, 3.8) is 0 Å². The predicted molar refractivity (Wildman–Crippen MR) is 108 cm³/mol. The molecule has 2 N–H and O–H groups in total. The zero-order chi connectivity index (χ0) is 19.5. The molecule has 0 aliphatic carbocycles. The number of hydrogen-bond donors (Lipinski definition) is 2. The Morgan fingerprint density at radius 1 is 0.667 bits per heavy atom. The van der Waals surface area contributed by atoms with E-state index in [-0.39, 0.29) is 18.1 Å². The van der Waals surface area contributed by atoms with E-state index in [2.05, 4.69) is 0 Å². The lowest BCUT2D eigenvalue weighted by molar-refractivity contribution is 0.271. The van der Waals surface area contributed by atoms with E-state index in [0.717, 1.165) is 17.5 Å². The molecule has 0 saturated carbocycles. The first kappa shape index (κ1) is 21.6. The SMILES string of the molecule is O=S(=O)(c1ccc(-c2ccccc2)cc1)N(CCCCO)CCCCCO. The van der Waals surface area contributed by atoms with Crippen molar-refractivity contribution in [2.75, 3.05) is 26.3 Å². The molecule has 0 heterocycles. The van der Waals surface area contributed by atoms with Crippen LogP contribution in [-0.2, 0) is 10.0 Å². The molecule has 2 aromatic rings. The Morgan fingerprint density at radius 3 is 1.78 bits per heavy atom. The van der Waals surface area contributed by atoms with Gasteiger partial charge in [-0.25, -0.2) is 8.42 Å². The number of unbranched alkanes of at least 4 members (excludes halogenated alkanes) is 3. The first-order valence-electron chi connectivity index (χ1n) is 9.47. The number of benzene rings is 2. The van der Waals surface area contributed by atoms with E-state index in [0.29, 0.717) is 38.8 Å². The van der Waals surface area contributed by atoms with E-state index < -0.39 is 10.0 Å². The van der Waals surface area contributed by atoms with Crippen molar-refractivity contribution in [1.82, 2.24) is 4.31 Å². The zero-order valence-electron chi connectivity index (χ0n) is 15.6. The number of rotatable bonds is 12. The second-order valence-corrected chi connectivity index (χ2v) is 8.45. The van der Waals surface area contributed by atoms with Gasteiger partial charge in [0.2, 0.25) is 10.0 Å². The van der Waals surface area contributed by atoms with Crippen LogP contribution in [0.5, 0.6) is 0 Å². The van der Waals surface area contributed by atoms with E-state index in [4.69, 9.17) is 10.2 Å². The van der Waals surface area contributed by atoms with Gasteiger partial charge in [-0.15, -0.1) is 0 Å². The standard InChI is InChI=1S/C21H29NO4S/c23-17-7-2-5-15-22(16-6-8-18-24)27(25,26)21-13-11-20(12-14-21)19-9-3-1-4-10-19/h1,3-4,9-14,23-24H,2,5-8,15-18H2. The molecule has 0 saturated heterocycles. The Labute approximate surface area is 162 Å². The van der Waals surface area contributed by atoms with Crippen LogP contribution in [0.2, 0.25) is 0 Å². The quantitative estimate of drug-likeness (QED) is 0.544. The van der Waals surface area contributed by atoms with Gasteiger partial charge in [0, 0.05) is 26.3 Å². The van der Waals surface area contributed by atoms with Crippen LogP contribution in [0.1, 0.15) is 32.1 Å². The third kappa shape index (κ3) is 6.43. The minimum absolute atomic E-state index is 0.0597. The average Bonchev–Trinajstić information content (AvgIpc) is 2.70. The van der Waals surface area contributed by atoms with Crippen LogP contribution in [0.25, 0.3) is 11.1 Å². The summed E-state index contributed by atoms with van der Waals surface area (Å²) >= 11 is 0. The van der Waals surface area contributed by atoms with Crippen molar-refractivity contribution in [1.29, 1.82) is 0 Å².